The average molecular weight is 297 g/mol. The van der Waals surface area contributed by atoms with Crippen molar-refractivity contribution in [1.82, 2.24) is 0 Å². The van der Waals surface area contributed by atoms with Gasteiger partial charge in [-0.05, 0) is 38.3 Å². The van der Waals surface area contributed by atoms with Gasteiger partial charge in [0.1, 0.15) is 4.88 Å². The van der Waals surface area contributed by atoms with Crippen LogP contribution in [0.4, 0.5) is 5.00 Å². The van der Waals surface area contributed by atoms with Gasteiger partial charge in [-0.15, -0.1) is 11.3 Å². The molecule has 0 aromatic carbocycles. The Labute approximate surface area is 121 Å². The molecule has 0 spiro atoms. The first-order chi connectivity index (χ1) is 9.31. The molecule has 0 radical (unpaired) electrons. The number of carbonyl (C=O) groups is 2. The molecular weight excluding hydrogens is 278 g/mol. The van der Waals surface area contributed by atoms with E-state index in [-0.39, 0.29) is 34.8 Å². The predicted octanol–water partition coefficient (Wildman–Crippen LogP) is 2.75. The number of hydrogen-bond donors (Lipinski definition) is 2. The second-order valence-electron chi connectivity index (χ2n) is 5.35. The number of aryl methyl sites for hydroxylation is 1. The first-order valence-corrected chi connectivity index (χ1v) is 7.43. The summed E-state index contributed by atoms with van der Waals surface area (Å²) in [5.74, 6) is -1.13. The van der Waals surface area contributed by atoms with Gasteiger partial charge in [-0.2, -0.15) is 0 Å². The molecule has 1 aliphatic rings. The number of aromatic carboxylic acids is 1. The third-order valence-electron chi connectivity index (χ3n) is 3.90. The summed E-state index contributed by atoms with van der Waals surface area (Å²) in [7, 11) is 0. The predicted molar refractivity (Wildman–Crippen MR) is 77.3 cm³/mol. The topological polar surface area (TPSA) is 75.6 Å². The second kappa shape index (κ2) is 5.54. The molecule has 4 atom stereocenters. The summed E-state index contributed by atoms with van der Waals surface area (Å²) in [6, 6.07) is 1.70. The number of hydrogen-bond acceptors (Lipinski definition) is 4. The lowest BCUT2D eigenvalue weighted by Crippen LogP contribution is -2.31. The Morgan fingerprint density at radius 1 is 1.30 bits per heavy atom. The molecule has 1 aromatic rings. The van der Waals surface area contributed by atoms with Crippen LogP contribution in [0, 0.1) is 18.8 Å². The third-order valence-corrected chi connectivity index (χ3v) is 5.04. The fourth-order valence-corrected chi connectivity index (χ4v) is 3.59. The van der Waals surface area contributed by atoms with Crippen molar-refractivity contribution in [3.63, 3.8) is 0 Å². The molecule has 2 N–H and O–H groups in total. The summed E-state index contributed by atoms with van der Waals surface area (Å²) < 4.78 is 5.66. The molecule has 2 rings (SSSR count). The first kappa shape index (κ1) is 15.0. The molecule has 20 heavy (non-hydrogen) atoms. The van der Waals surface area contributed by atoms with Crippen LogP contribution in [-0.4, -0.2) is 29.2 Å². The zero-order chi connectivity index (χ0) is 15.0. The van der Waals surface area contributed by atoms with Crippen LogP contribution in [0.3, 0.4) is 0 Å². The zero-order valence-corrected chi connectivity index (χ0v) is 12.8. The summed E-state index contributed by atoms with van der Waals surface area (Å²) in [6.07, 6.45) is -0.0691. The highest BCUT2D eigenvalue weighted by Gasteiger charge is 2.41. The second-order valence-corrected chi connectivity index (χ2v) is 6.40. The molecule has 1 aliphatic heterocycles. The number of carbonyl (C=O) groups excluding carboxylic acids is 1. The smallest absolute Gasteiger partial charge is 0.346 e. The monoisotopic (exact) mass is 297 g/mol. The van der Waals surface area contributed by atoms with Crippen LogP contribution < -0.4 is 5.32 Å². The van der Waals surface area contributed by atoms with E-state index in [4.69, 9.17) is 9.84 Å². The van der Waals surface area contributed by atoms with Crippen LogP contribution in [0.15, 0.2) is 6.07 Å². The Morgan fingerprint density at radius 3 is 2.40 bits per heavy atom. The lowest BCUT2D eigenvalue weighted by Gasteiger charge is -2.17. The lowest BCUT2D eigenvalue weighted by atomic mass is 9.89. The van der Waals surface area contributed by atoms with E-state index < -0.39 is 5.97 Å². The minimum Gasteiger partial charge on any atom is -0.477 e. The maximum atomic E-state index is 12.3. The quantitative estimate of drug-likeness (QED) is 0.899. The Balaban J connectivity index is 2.12. The highest BCUT2D eigenvalue weighted by atomic mass is 32.1. The van der Waals surface area contributed by atoms with E-state index in [9.17, 15) is 9.59 Å². The van der Waals surface area contributed by atoms with Gasteiger partial charge in [0.2, 0.25) is 5.91 Å². The van der Waals surface area contributed by atoms with Gasteiger partial charge in [0, 0.05) is 0 Å². The van der Waals surface area contributed by atoms with E-state index in [2.05, 4.69) is 5.32 Å². The van der Waals surface area contributed by atoms with E-state index in [1.165, 1.54) is 0 Å². The summed E-state index contributed by atoms with van der Waals surface area (Å²) in [6.45, 7) is 7.58. The summed E-state index contributed by atoms with van der Waals surface area (Å²) in [5.41, 5.74) is 0.662. The average Bonchev–Trinajstić information content (AvgIpc) is 2.80. The van der Waals surface area contributed by atoms with Gasteiger partial charge in [-0.25, -0.2) is 4.79 Å². The number of nitrogens with one attached hydrogen (secondary N) is 1. The van der Waals surface area contributed by atoms with Crippen LogP contribution in [0.1, 0.15) is 36.0 Å². The largest absolute Gasteiger partial charge is 0.477 e. The molecule has 4 unspecified atom stereocenters. The maximum Gasteiger partial charge on any atom is 0.346 e. The molecule has 5 nitrogen and oxygen atoms in total. The van der Waals surface area contributed by atoms with Gasteiger partial charge >= 0.3 is 5.97 Å². The van der Waals surface area contributed by atoms with Crippen molar-refractivity contribution >= 4 is 28.2 Å². The fraction of sp³-hybridized carbons (Fsp3) is 0.571. The Kier molecular flexibility index (Phi) is 4.15. The molecule has 0 aliphatic carbocycles. The van der Waals surface area contributed by atoms with Gasteiger partial charge < -0.3 is 15.2 Å². The number of thiophene rings is 1. The number of amides is 1. The highest BCUT2D eigenvalue weighted by Crippen LogP contribution is 2.34. The van der Waals surface area contributed by atoms with Crippen LogP contribution in [-0.2, 0) is 9.53 Å². The van der Waals surface area contributed by atoms with Crippen LogP contribution in [0.2, 0.25) is 0 Å². The normalized spacial score (nSPS) is 29.4. The molecule has 1 saturated heterocycles. The number of ether oxygens (including phenoxy) is 1. The van der Waals surface area contributed by atoms with Crippen molar-refractivity contribution in [3.05, 3.63) is 16.5 Å². The first-order valence-electron chi connectivity index (χ1n) is 6.61. The van der Waals surface area contributed by atoms with Crippen molar-refractivity contribution in [2.45, 2.75) is 39.9 Å². The van der Waals surface area contributed by atoms with Crippen molar-refractivity contribution in [3.8, 4) is 0 Å². The van der Waals surface area contributed by atoms with Crippen molar-refractivity contribution in [1.29, 1.82) is 0 Å². The van der Waals surface area contributed by atoms with E-state index in [1.807, 2.05) is 20.8 Å². The van der Waals surface area contributed by atoms with Gasteiger partial charge in [0.15, 0.2) is 0 Å². The number of carboxylic acid groups (broad SMARTS) is 1. The minimum absolute atomic E-state index is 0.0559. The molecule has 1 fully saturated rings. The van der Waals surface area contributed by atoms with E-state index in [0.29, 0.717) is 10.6 Å². The number of anilines is 1. The molecule has 0 bridgehead atoms. The summed E-state index contributed by atoms with van der Waals surface area (Å²) >= 11 is 1.09. The molecule has 1 aromatic heterocycles. The standard InChI is InChI=1S/C14H19NO4S/c1-6-5-10(20-12(6)14(17)18)15-13(16)11-7(2)8(3)19-9(11)4/h5,7-9,11H,1-4H3,(H,15,16)(H,17,18). The van der Waals surface area contributed by atoms with E-state index in [0.717, 1.165) is 11.3 Å². The summed E-state index contributed by atoms with van der Waals surface area (Å²) in [5, 5.41) is 12.4. The molecule has 2 heterocycles. The summed E-state index contributed by atoms with van der Waals surface area (Å²) in [4.78, 5) is 23.6. The van der Waals surface area contributed by atoms with Gasteiger partial charge in [0.25, 0.3) is 0 Å². The number of carboxylic acids is 1. The zero-order valence-electron chi connectivity index (χ0n) is 12.0. The van der Waals surface area contributed by atoms with Gasteiger partial charge in [0.05, 0.1) is 23.1 Å². The minimum atomic E-state index is -0.965. The number of rotatable bonds is 3. The maximum absolute atomic E-state index is 12.3. The van der Waals surface area contributed by atoms with Crippen molar-refractivity contribution < 1.29 is 19.4 Å². The van der Waals surface area contributed by atoms with Crippen molar-refractivity contribution in [2.24, 2.45) is 11.8 Å². The molecular formula is C14H19NO4S. The Hall–Kier alpha value is -1.40. The lowest BCUT2D eigenvalue weighted by molar-refractivity contribution is -0.121. The molecule has 1 amide bonds. The van der Waals surface area contributed by atoms with Crippen LogP contribution in [0.25, 0.3) is 0 Å². The van der Waals surface area contributed by atoms with Crippen LogP contribution in [0.5, 0.6) is 0 Å². The highest BCUT2D eigenvalue weighted by molar-refractivity contribution is 7.18. The van der Waals surface area contributed by atoms with Gasteiger partial charge in [-0.3, -0.25) is 4.79 Å². The van der Waals surface area contributed by atoms with E-state index >= 15 is 0 Å². The fourth-order valence-electron chi connectivity index (χ4n) is 2.68. The van der Waals surface area contributed by atoms with Crippen molar-refractivity contribution in [2.75, 3.05) is 5.32 Å². The molecule has 6 heteroatoms. The van der Waals surface area contributed by atoms with Gasteiger partial charge in [-0.1, -0.05) is 6.92 Å². The Bertz CT molecular complexity index is 539. The molecule has 110 valence electrons. The van der Waals surface area contributed by atoms with E-state index in [1.54, 1.807) is 13.0 Å². The molecule has 0 saturated carbocycles. The Morgan fingerprint density at radius 2 is 1.95 bits per heavy atom. The van der Waals surface area contributed by atoms with Crippen LogP contribution >= 0.6 is 11.3 Å². The SMILES string of the molecule is Cc1cc(NC(=O)C2C(C)OC(C)C2C)sc1C(=O)O. The third kappa shape index (κ3) is 2.71.